The minimum absolute atomic E-state index is 0.175. The van der Waals surface area contributed by atoms with E-state index in [1.165, 1.54) is 0 Å². The fourth-order valence-electron chi connectivity index (χ4n) is 3.68. The van der Waals surface area contributed by atoms with Crippen molar-refractivity contribution in [3.8, 4) is 5.75 Å². The van der Waals surface area contributed by atoms with Gasteiger partial charge in [-0.05, 0) is 36.8 Å². The van der Waals surface area contributed by atoms with Crippen molar-refractivity contribution in [3.63, 3.8) is 0 Å². The van der Waals surface area contributed by atoms with E-state index in [-0.39, 0.29) is 5.91 Å². The first-order valence-electron chi connectivity index (χ1n) is 9.85. The Hall–Kier alpha value is -3.99. The van der Waals surface area contributed by atoms with E-state index in [1.807, 2.05) is 85.8 Å². The number of para-hydroxylation sites is 1. The molecule has 1 amide bonds. The molecule has 30 heavy (non-hydrogen) atoms. The number of nitrogens with one attached hydrogen (secondary N) is 3. The Balaban J connectivity index is 1.36. The summed E-state index contributed by atoms with van der Waals surface area (Å²) >= 11 is 0. The first kappa shape index (κ1) is 18.1. The second kappa shape index (κ2) is 7.44. The molecule has 0 fully saturated rings. The van der Waals surface area contributed by atoms with E-state index >= 15 is 0 Å². The molecule has 5 aromatic rings. The van der Waals surface area contributed by atoms with Crippen LogP contribution >= 0.6 is 0 Å². The van der Waals surface area contributed by atoms with Crippen LogP contribution in [-0.4, -0.2) is 15.9 Å². The van der Waals surface area contributed by atoms with Crippen LogP contribution in [0.3, 0.4) is 0 Å². The van der Waals surface area contributed by atoms with Crippen molar-refractivity contribution in [2.24, 2.45) is 0 Å². The number of H-pyrrole nitrogens is 2. The third-order valence-electron chi connectivity index (χ3n) is 5.22. The fraction of sp³-hybridized carbons (Fsp3) is 0.0800. The van der Waals surface area contributed by atoms with E-state index in [4.69, 9.17) is 4.74 Å². The minimum Gasteiger partial charge on any atom is -0.489 e. The van der Waals surface area contributed by atoms with Gasteiger partial charge in [-0.1, -0.05) is 48.5 Å². The Labute approximate surface area is 173 Å². The van der Waals surface area contributed by atoms with E-state index in [9.17, 15) is 4.79 Å². The molecule has 5 rings (SSSR count). The number of hydrogen-bond acceptors (Lipinski definition) is 2. The lowest BCUT2D eigenvalue weighted by molar-refractivity contribution is 0.102. The molecular weight excluding hydrogens is 374 g/mol. The normalized spacial score (nSPS) is 11.1. The van der Waals surface area contributed by atoms with Crippen molar-refractivity contribution in [1.82, 2.24) is 9.97 Å². The number of aromatic nitrogens is 2. The molecule has 0 bridgehead atoms. The highest BCUT2D eigenvalue weighted by molar-refractivity contribution is 6.10. The molecule has 0 atom stereocenters. The van der Waals surface area contributed by atoms with E-state index in [0.717, 1.165) is 44.5 Å². The van der Waals surface area contributed by atoms with Crippen LogP contribution in [0.15, 0.2) is 78.9 Å². The third-order valence-corrected chi connectivity index (χ3v) is 5.22. The van der Waals surface area contributed by atoms with E-state index in [0.29, 0.717) is 12.3 Å². The molecule has 5 heteroatoms. The quantitative estimate of drug-likeness (QED) is 0.353. The van der Waals surface area contributed by atoms with Crippen molar-refractivity contribution >= 4 is 33.4 Å². The van der Waals surface area contributed by atoms with Gasteiger partial charge in [0.05, 0.1) is 5.69 Å². The van der Waals surface area contributed by atoms with Gasteiger partial charge in [0.15, 0.2) is 0 Å². The van der Waals surface area contributed by atoms with E-state index in [2.05, 4.69) is 15.3 Å². The summed E-state index contributed by atoms with van der Waals surface area (Å²) in [5.41, 5.74) is 5.22. The van der Waals surface area contributed by atoms with Gasteiger partial charge in [-0.3, -0.25) is 4.79 Å². The van der Waals surface area contributed by atoms with Gasteiger partial charge in [0.25, 0.3) is 5.91 Å². The van der Waals surface area contributed by atoms with Crippen LogP contribution in [0.5, 0.6) is 5.75 Å². The topological polar surface area (TPSA) is 69.9 Å². The molecule has 0 saturated heterocycles. The van der Waals surface area contributed by atoms with Gasteiger partial charge in [0.2, 0.25) is 0 Å². The average Bonchev–Trinajstić information content (AvgIpc) is 3.33. The summed E-state index contributed by atoms with van der Waals surface area (Å²) in [6.45, 7) is 2.46. The Kier molecular flexibility index (Phi) is 4.48. The number of carbonyl (C=O) groups is 1. The van der Waals surface area contributed by atoms with Gasteiger partial charge >= 0.3 is 0 Å². The SMILES string of the molecule is Cc1[nH]c2ccccc2c1NC(=O)c1cc2ccc(OCc3ccccc3)cc2[nH]1. The van der Waals surface area contributed by atoms with Crippen LogP contribution in [0.2, 0.25) is 0 Å². The van der Waals surface area contributed by atoms with Crippen LogP contribution in [-0.2, 0) is 6.61 Å². The third kappa shape index (κ3) is 3.42. The maximum atomic E-state index is 12.9. The van der Waals surface area contributed by atoms with Gasteiger partial charge in [-0.25, -0.2) is 0 Å². The largest absolute Gasteiger partial charge is 0.489 e. The number of anilines is 1. The molecule has 5 nitrogen and oxygen atoms in total. The van der Waals surface area contributed by atoms with E-state index < -0.39 is 0 Å². The molecule has 0 aliphatic carbocycles. The molecule has 0 aliphatic heterocycles. The predicted molar refractivity (Wildman–Crippen MR) is 120 cm³/mol. The zero-order chi connectivity index (χ0) is 20.5. The number of aryl methyl sites for hydroxylation is 1. The first-order valence-corrected chi connectivity index (χ1v) is 9.85. The maximum absolute atomic E-state index is 12.9. The minimum atomic E-state index is -0.175. The highest BCUT2D eigenvalue weighted by atomic mass is 16.5. The standard InChI is InChI=1S/C25H21N3O2/c1-16-24(20-9-5-6-10-21(20)26-16)28-25(29)23-13-18-11-12-19(14-22(18)27-23)30-15-17-7-3-2-4-8-17/h2-14,26-27H,15H2,1H3,(H,28,29). The number of hydrogen-bond donors (Lipinski definition) is 3. The van der Waals surface area contributed by atoms with Gasteiger partial charge in [-0.15, -0.1) is 0 Å². The summed E-state index contributed by atoms with van der Waals surface area (Å²) in [5.74, 6) is 0.582. The maximum Gasteiger partial charge on any atom is 0.272 e. The van der Waals surface area contributed by atoms with E-state index in [1.54, 1.807) is 0 Å². The van der Waals surface area contributed by atoms with Gasteiger partial charge < -0.3 is 20.0 Å². The van der Waals surface area contributed by atoms with Gasteiger partial charge in [-0.2, -0.15) is 0 Å². The number of fused-ring (bicyclic) bond motifs is 2. The summed E-state index contributed by atoms with van der Waals surface area (Å²) in [5, 5.41) is 5.00. The second-order valence-corrected chi connectivity index (χ2v) is 7.33. The summed E-state index contributed by atoms with van der Waals surface area (Å²) in [6, 6.07) is 25.6. The molecule has 0 unspecified atom stereocenters. The summed E-state index contributed by atoms with van der Waals surface area (Å²) in [4.78, 5) is 19.4. The highest BCUT2D eigenvalue weighted by Gasteiger charge is 2.15. The Morgan fingerprint density at radius 1 is 0.900 bits per heavy atom. The summed E-state index contributed by atoms with van der Waals surface area (Å²) in [6.07, 6.45) is 0. The number of amides is 1. The van der Waals surface area contributed by atoms with Gasteiger partial charge in [0.1, 0.15) is 18.1 Å². The second-order valence-electron chi connectivity index (χ2n) is 7.33. The zero-order valence-corrected chi connectivity index (χ0v) is 16.5. The number of carbonyl (C=O) groups excluding carboxylic acids is 1. The lowest BCUT2D eigenvalue weighted by Gasteiger charge is -2.06. The van der Waals surface area contributed by atoms with Crippen molar-refractivity contribution in [3.05, 3.63) is 95.8 Å². The number of aromatic amines is 2. The van der Waals surface area contributed by atoms with Crippen molar-refractivity contribution in [2.75, 3.05) is 5.32 Å². The fourth-order valence-corrected chi connectivity index (χ4v) is 3.68. The zero-order valence-electron chi connectivity index (χ0n) is 16.5. The molecule has 0 spiro atoms. The Morgan fingerprint density at radius 3 is 2.57 bits per heavy atom. The average molecular weight is 395 g/mol. The molecule has 3 aromatic carbocycles. The smallest absolute Gasteiger partial charge is 0.272 e. The van der Waals surface area contributed by atoms with Crippen LogP contribution < -0.4 is 10.1 Å². The predicted octanol–water partition coefficient (Wildman–Crippen LogP) is 5.79. The highest BCUT2D eigenvalue weighted by Crippen LogP contribution is 2.28. The molecule has 148 valence electrons. The molecule has 2 aromatic heterocycles. The molecular formula is C25H21N3O2. The van der Waals surface area contributed by atoms with Crippen LogP contribution in [0.25, 0.3) is 21.8 Å². The van der Waals surface area contributed by atoms with Crippen LogP contribution in [0.1, 0.15) is 21.7 Å². The number of ether oxygens (including phenoxy) is 1. The Morgan fingerprint density at radius 2 is 1.70 bits per heavy atom. The number of benzene rings is 3. The first-order chi connectivity index (χ1) is 14.7. The lowest BCUT2D eigenvalue weighted by Crippen LogP contribution is -2.12. The lowest BCUT2D eigenvalue weighted by atomic mass is 10.2. The van der Waals surface area contributed by atoms with Crippen molar-refractivity contribution in [1.29, 1.82) is 0 Å². The summed E-state index contributed by atoms with van der Waals surface area (Å²) < 4.78 is 5.89. The summed E-state index contributed by atoms with van der Waals surface area (Å²) in [7, 11) is 0. The molecule has 0 saturated carbocycles. The number of rotatable bonds is 5. The molecule has 2 heterocycles. The molecule has 0 aliphatic rings. The molecule has 0 radical (unpaired) electrons. The van der Waals surface area contributed by atoms with Gasteiger partial charge in [0, 0.05) is 33.6 Å². The van der Waals surface area contributed by atoms with Crippen LogP contribution in [0.4, 0.5) is 5.69 Å². The monoisotopic (exact) mass is 395 g/mol. The van der Waals surface area contributed by atoms with Crippen molar-refractivity contribution < 1.29 is 9.53 Å². The molecule has 3 N–H and O–H groups in total. The Bertz CT molecular complexity index is 1350. The van der Waals surface area contributed by atoms with Crippen molar-refractivity contribution in [2.45, 2.75) is 13.5 Å². The van der Waals surface area contributed by atoms with Crippen LogP contribution in [0, 0.1) is 6.92 Å².